The van der Waals surface area contributed by atoms with E-state index < -0.39 is 52.3 Å². The topological polar surface area (TPSA) is 160 Å². The van der Waals surface area contributed by atoms with Crippen LogP contribution < -0.4 is 21.1 Å². The van der Waals surface area contributed by atoms with Crippen molar-refractivity contribution in [2.45, 2.75) is 56.7 Å². The van der Waals surface area contributed by atoms with Crippen LogP contribution in [-0.2, 0) is 34.1 Å². The number of aryl methyl sites for hydroxylation is 1. The van der Waals surface area contributed by atoms with Crippen molar-refractivity contribution in [3.8, 4) is 0 Å². The maximum Gasteiger partial charge on any atom is 0.338 e. The number of esters is 1. The number of carbonyl (C=O) groups is 2. The summed E-state index contributed by atoms with van der Waals surface area (Å²) in [5, 5.41) is 14.9. The number of carbonyl (C=O) groups excluding carboxylic acids is 2. The lowest BCUT2D eigenvalue weighted by Gasteiger charge is -2.25. The van der Waals surface area contributed by atoms with Crippen molar-refractivity contribution in [1.29, 1.82) is 0 Å². The number of amides is 1. The molecule has 244 valence electrons. The molecule has 0 aromatic heterocycles. The molecule has 0 aliphatic carbocycles. The number of nitrogens with one attached hydrogen (secondary N) is 3. The van der Waals surface area contributed by atoms with Crippen LogP contribution in [0.25, 0.3) is 0 Å². The quantitative estimate of drug-likeness (QED) is 0.140. The molecule has 2 unspecified atom stereocenters. The highest BCUT2D eigenvalue weighted by Crippen LogP contribution is 2.19. The predicted octanol–water partition coefficient (Wildman–Crippen LogP) is 2.82. The fourth-order valence-electron chi connectivity index (χ4n) is 4.54. The zero-order valence-corrected chi connectivity index (χ0v) is 26.1. The summed E-state index contributed by atoms with van der Waals surface area (Å²) in [6.45, 7) is 3.93. The van der Waals surface area contributed by atoms with Gasteiger partial charge in [0.1, 0.15) is 17.7 Å². The van der Waals surface area contributed by atoms with E-state index in [9.17, 15) is 26.8 Å². The average molecular weight is 647 g/mol. The average Bonchev–Trinajstić information content (AvgIpc) is 3.01. The summed E-state index contributed by atoms with van der Waals surface area (Å²) in [7, 11) is -4.21. The summed E-state index contributed by atoms with van der Waals surface area (Å²) < 4.78 is 61.5. The third-order valence-corrected chi connectivity index (χ3v) is 8.30. The van der Waals surface area contributed by atoms with E-state index in [4.69, 9.17) is 15.6 Å². The first-order valence-electron chi connectivity index (χ1n) is 14.7. The second-order valence-electron chi connectivity index (χ2n) is 10.5. The second-order valence-corrected chi connectivity index (χ2v) is 12.3. The molecule has 3 aromatic rings. The van der Waals surface area contributed by atoms with Crippen molar-refractivity contribution in [3.05, 3.63) is 100 Å². The summed E-state index contributed by atoms with van der Waals surface area (Å²) in [6.07, 6.45) is 0.417. The van der Waals surface area contributed by atoms with E-state index in [2.05, 4.69) is 15.4 Å². The molecular weight excluding hydrogens is 606 g/mol. The highest BCUT2D eigenvalue weighted by molar-refractivity contribution is 7.89. The van der Waals surface area contributed by atoms with E-state index in [-0.39, 0.29) is 41.1 Å². The Kier molecular flexibility index (Phi) is 13.6. The molecule has 0 aliphatic rings. The summed E-state index contributed by atoms with van der Waals surface area (Å²) >= 11 is 0. The summed E-state index contributed by atoms with van der Waals surface area (Å²) in [5.41, 5.74) is 8.50. The van der Waals surface area contributed by atoms with Gasteiger partial charge in [0.05, 0.1) is 17.1 Å². The van der Waals surface area contributed by atoms with Gasteiger partial charge in [0.2, 0.25) is 10.0 Å². The van der Waals surface area contributed by atoms with Crippen molar-refractivity contribution >= 4 is 21.9 Å². The Bertz CT molecular complexity index is 1550. The smallest absolute Gasteiger partial charge is 0.338 e. The molecule has 0 saturated carbocycles. The standard InChI is InChI=1S/C32H40F2N4O6S/c1-3-8-37-31(40)24-15-25(17-28(16-24)45(42,43)38-9-10-39)32(41)44-30(20-36-19-22-7-5-6-21(4-2)11-22)29(35)14-23-12-26(33)18-27(34)13-23/h5-7,11-13,15-18,29-30,36,38-39H,3-4,8-10,14,19-20,35H2,1-2H3,(H,37,40). The predicted molar refractivity (Wildman–Crippen MR) is 166 cm³/mol. The Morgan fingerprint density at radius 3 is 2.29 bits per heavy atom. The van der Waals surface area contributed by atoms with Crippen LogP contribution in [0.1, 0.15) is 57.7 Å². The van der Waals surface area contributed by atoms with Crippen molar-refractivity contribution in [1.82, 2.24) is 15.4 Å². The van der Waals surface area contributed by atoms with E-state index in [0.29, 0.717) is 19.5 Å². The van der Waals surface area contributed by atoms with E-state index in [1.165, 1.54) is 6.07 Å². The molecule has 2 atom stereocenters. The van der Waals surface area contributed by atoms with Gasteiger partial charge in [0.15, 0.2) is 0 Å². The van der Waals surface area contributed by atoms with Crippen molar-refractivity contribution in [2.24, 2.45) is 5.73 Å². The van der Waals surface area contributed by atoms with Crippen LogP contribution in [0.2, 0.25) is 0 Å². The Labute approximate surface area is 262 Å². The molecule has 3 rings (SSSR count). The van der Waals surface area contributed by atoms with Gasteiger partial charge in [-0.1, -0.05) is 38.1 Å². The largest absolute Gasteiger partial charge is 0.456 e. The van der Waals surface area contributed by atoms with Crippen LogP contribution in [0, 0.1) is 11.6 Å². The van der Waals surface area contributed by atoms with Crippen molar-refractivity contribution in [2.75, 3.05) is 26.2 Å². The van der Waals surface area contributed by atoms with Crippen LogP contribution in [0.4, 0.5) is 8.78 Å². The van der Waals surface area contributed by atoms with Gasteiger partial charge < -0.3 is 26.2 Å². The molecule has 0 spiro atoms. The highest BCUT2D eigenvalue weighted by Gasteiger charge is 2.26. The highest BCUT2D eigenvalue weighted by atomic mass is 32.2. The van der Waals surface area contributed by atoms with Gasteiger partial charge in [-0.2, -0.15) is 0 Å². The number of hydrogen-bond donors (Lipinski definition) is 5. The number of rotatable bonds is 17. The molecule has 10 nitrogen and oxygen atoms in total. The van der Waals surface area contributed by atoms with E-state index in [1.54, 1.807) is 0 Å². The molecule has 0 radical (unpaired) electrons. The number of benzene rings is 3. The van der Waals surface area contributed by atoms with Gasteiger partial charge in [0.25, 0.3) is 5.91 Å². The SMILES string of the molecule is CCCNC(=O)c1cc(C(=O)OC(CNCc2cccc(CC)c2)C(N)Cc2cc(F)cc(F)c2)cc(S(=O)(=O)NCCO)c1. The van der Waals surface area contributed by atoms with Gasteiger partial charge in [-0.05, 0) is 66.3 Å². The van der Waals surface area contributed by atoms with Crippen LogP contribution in [0.3, 0.4) is 0 Å². The number of aliphatic hydroxyl groups is 1. The van der Waals surface area contributed by atoms with Crippen molar-refractivity contribution in [3.63, 3.8) is 0 Å². The Morgan fingerprint density at radius 2 is 1.62 bits per heavy atom. The molecule has 0 saturated heterocycles. The normalized spacial score (nSPS) is 12.8. The van der Waals surface area contributed by atoms with Crippen LogP contribution in [0.5, 0.6) is 0 Å². The van der Waals surface area contributed by atoms with E-state index >= 15 is 0 Å². The number of ether oxygens (including phenoxy) is 1. The summed E-state index contributed by atoms with van der Waals surface area (Å²) in [6, 6.07) is 13.4. The molecule has 0 heterocycles. The minimum atomic E-state index is -4.21. The fourth-order valence-corrected chi connectivity index (χ4v) is 5.63. The molecule has 6 N–H and O–H groups in total. The van der Waals surface area contributed by atoms with Gasteiger partial charge in [-0.15, -0.1) is 0 Å². The van der Waals surface area contributed by atoms with Gasteiger partial charge in [-0.3, -0.25) is 4.79 Å². The van der Waals surface area contributed by atoms with E-state index in [0.717, 1.165) is 47.9 Å². The number of sulfonamides is 1. The van der Waals surface area contributed by atoms with Crippen LogP contribution in [-0.4, -0.2) is 63.8 Å². The van der Waals surface area contributed by atoms with Crippen LogP contribution >= 0.6 is 0 Å². The lowest BCUT2D eigenvalue weighted by atomic mass is 10.0. The summed E-state index contributed by atoms with van der Waals surface area (Å²) in [5.74, 6) is -3.11. The molecule has 3 aromatic carbocycles. The zero-order valence-electron chi connectivity index (χ0n) is 25.3. The first-order chi connectivity index (χ1) is 21.4. The van der Waals surface area contributed by atoms with Gasteiger partial charge in [0, 0.05) is 43.9 Å². The van der Waals surface area contributed by atoms with E-state index in [1.807, 2.05) is 38.1 Å². The third kappa shape index (κ3) is 11.0. The van der Waals surface area contributed by atoms with Gasteiger partial charge in [-0.25, -0.2) is 26.7 Å². The molecular formula is C32H40F2N4O6S. The minimum Gasteiger partial charge on any atom is -0.456 e. The minimum absolute atomic E-state index is 0.0379. The lowest BCUT2D eigenvalue weighted by molar-refractivity contribution is 0.0238. The molecule has 13 heteroatoms. The molecule has 1 amide bonds. The summed E-state index contributed by atoms with van der Waals surface area (Å²) in [4.78, 5) is 25.9. The maximum absolute atomic E-state index is 13.9. The molecule has 0 aliphatic heterocycles. The zero-order chi connectivity index (χ0) is 33.0. The number of aliphatic hydroxyl groups excluding tert-OH is 1. The Morgan fingerprint density at radius 1 is 0.933 bits per heavy atom. The van der Waals surface area contributed by atoms with Gasteiger partial charge >= 0.3 is 5.97 Å². The first-order valence-corrected chi connectivity index (χ1v) is 16.2. The van der Waals surface area contributed by atoms with Crippen LogP contribution in [0.15, 0.2) is 65.6 Å². The Balaban J connectivity index is 1.91. The number of halogens is 2. The second kappa shape index (κ2) is 17.1. The Hall–Kier alpha value is -3.75. The maximum atomic E-state index is 13.9. The molecule has 0 fully saturated rings. The molecule has 45 heavy (non-hydrogen) atoms. The number of nitrogens with two attached hydrogens (primary N) is 1. The number of hydrogen-bond acceptors (Lipinski definition) is 8. The third-order valence-electron chi connectivity index (χ3n) is 6.86. The monoisotopic (exact) mass is 646 g/mol. The van der Waals surface area contributed by atoms with Crippen molar-refractivity contribution < 1.29 is 36.6 Å². The first kappa shape index (κ1) is 35.7. The molecule has 0 bridgehead atoms. The fraction of sp³-hybridized carbons (Fsp3) is 0.375. The lowest BCUT2D eigenvalue weighted by Crippen LogP contribution is -2.46.